The van der Waals surface area contributed by atoms with Gasteiger partial charge in [-0.2, -0.15) is 0 Å². The van der Waals surface area contributed by atoms with Gasteiger partial charge in [-0.25, -0.2) is 13.8 Å². The number of hydrogen-bond donors (Lipinski definition) is 1. The van der Waals surface area contributed by atoms with Gasteiger partial charge in [-0.1, -0.05) is 13.0 Å². The number of aryl methyl sites for hydroxylation is 1. The van der Waals surface area contributed by atoms with Crippen LogP contribution in [0.5, 0.6) is 0 Å². The molecule has 5 heteroatoms. The summed E-state index contributed by atoms with van der Waals surface area (Å²) in [6.07, 6.45) is 4.53. The zero-order chi connectivity index (χ0) is 13.0. The van der Waals surface area contributed by atoms with Crippen molar-refractivity contribution >= 4 is 5.69 Å². The first kappa shape index (κ1) is 12.5. The lowest BCUT2D eigenvalue weighted by molar-refractivity contribution is 0.585. The first-order valence-electron chi connectivity index (χ1n) is 5.90. The van der Waals surface area contributed by atoms with Gasteiger partial charge in [0.15, 0.2) is 0 Å². The number of para-hydroxylation sites is 1. The van der Waals surface area contributed by atoms with E-state index in [1.807, 2.05) is 10.8 Å². The molecule has 0 saturated heterocycles. The standard InChI is InChI=1S/C13H15F2N3/c1-2-7-18-8-6-16-12(18)9-17-13-10(14)4-3-5-11(13)15/h3-6,8,17H,2,7,9H2,1H3. The van der Waals surface area contributed by atoms with Crippen LogP contribution in [-0.2, 0) is 13.1 Å². The average molecular weight is 251 g/mol. The Hall–Kier alpha value is -1.91. The van der Waals surface area contributed by atoms with E-state index < -0.39 is 11.6 Å². The number of benzene rings is 1. The molecule has 96 valence electrons. The fourth-order valence-corrected chi connectivity index (χ4v) is 1.79. The molecule has 0 spiro atoms. The molecule has 0 aliphatic rings. The monoisotopic (exact) mass is 251 g/mol. The van der Waals surface area contributed by atoms with E-state index in [-0.39, 0.29) is 5.69 Å². The summed E-state index contributed by atoms with van der Waals surface area (Å²) in [4.78, 5) is 4.16. The minimum atomic E-state index is -0.594. The molecule has 18 heavy (non-hydrogen) atoms. The van der Waals surface area contributed by atoms with Crippen LogP contribution in [0.2, 0.25) is 0 Å². The highest BCUT2D eigenvalue weighted by Crippen LogP contribution is 2.18. The number of imidazole rings is 1. The fourth-order valence-electron chi connectivity index (χ4n) is 1.79. The Kier molecular flexibility index (Phi) is 3.92. The average Bonchev–Trinajstić information content (AvgIpc) is 2.77. The lowest BCUT2D eigenvalue weighted by Crippen LogP contribution is -2.10. The van der Waals surface area contributed by atoms with Gasteiger partial charge in [0.1, 0.15) is 23.1 Å². The van der Waals surface area contributed by atoms with Crippen LogP contribution >= 0.6 is 0 Å². The Labute approximate surface area is 104 Å². The van der Waals surface area contributed by atoms with Crippen molar-refractivity contribution in [2.24, 2.45) is 0 Å². The van der Waals surface area contributed by atoms with Crippen LogP contribution < -0.4 is 5.32 Å². The molecule has 1 heterocycles. The third kappa shape index (κ3) is 2.67. The van der Waals surface area contributed by atoms with E-state index in [1.165, 1.54) is 18.2 Å². The number of anilines is 1. The fraction of sp³-hybridized carbons (Fsp3) is 0.308. The summed E-state index contributed by atoms with van der Waals surface area (Å²) in [5.41, 5.74) is -0.108. The quantitative estimate of drug-likeness (QED) is 0.884. The Bertz CT molecular complexity index is 502. The van der Waals surface area contributed by atoms with Crippen molar-refractivity contribution in [1.29, 1.82) is 0 Å². The smallest absolute Gasteiger partial charge is 0.149 e. The maximum absolute atomic E-state index is 13.4. The lowest BCUT2D eigenvalue weighted by Gasteiger charge is -2.10. The van der Waals surface area contributed by atoms with E-state index in [2.05, 4.69) is 17.2 Å². The van der Waals surface area contributed by atoms with Crippen LogP contribution in [0.25, 0.3) is 0 Å². The summed E-state index contributed by atoms with van der Waals surface area (Å²) in [6, 6.07) is 3.79. The number of aromatic nitrogens is 2. The Morgan fingerprint density at radius 1 is 1.28 bits per heavy atom. The second-order valence-electron chi connectivity index (χ2n) is 3.99. The normalized spacial score (nSPS) is 10.6. The van der Waals surface area contributed by atoms with Gasteiger partial charge in [0, 0.05) is 18.9 Å². The van der Waals surface area contributed by atoms with Crippen molar-refractivity contribution in [3.63, 3.8) is 0 Å². The van der Waals surface area contributed by atoms with Crippen molar-refractivity contribution in [3.8, 4) is 0 Å². The molecule has 1 aromatic heterocycles. The van der Waals surface area contributed by atoms with Crippen LogP contribution in [0.1, 0.15) is 19.2 Å². The molecule has 2 aromatic rings. The first-order valence-corrected chi connectivity index (χ1v) is 5.90. The SMILES string of the molecule is CCCn1ccnc1CNc1c(F)cccc1F. The predicted molar refractivity (Wildman–Crippen MR) is 66.2 cm³/mol. The van der Waals surface area contributed by atoms with Gasteiger partial charge in [0.05, 0.1) is 6.54 Å². The van der Waals surface area contributed by atoms with Gasteiger partial charge in [0.25, 0.3) is 0 Å². The summed E-state index contributed by atoms with van der Waals surface area (Å²) in [5, 5.41) is 2.75. The molecule has 0 amide bonds. The molecule has 0 aliphatic heterocycles. The van der Waals surface area contributed by atoms with E-state index >= 15 is 0 Å². The second kappa shape index (κ2) is 5.62. The topological polar surface area (TPSA) is 29.9 Å². The van der Waals surface area contributed by atoms with Crippen molar-refractivity contribution in [2.75, 3.05) is 5.32 Å². The summed E-state index contributed by atoms with van der Waals surface area (Å²) >= 11 is 0. The summed E-state index contributed by atoms with van der Waals surface area (Å²) in [6.45, 7) is 3.20. The molecule has 2 rings (SSSR count). The molecule has 0 saturated carbocycles. The zero-order valence-corrected chi connectivity index (χ0v) is 10.2. The second-order valence-corrected chi connectivity index (χ2v) is 3.99. The van der Waals surface area contributed by atoms with Crippen LogP contribution in [0, 0.1) is 11.6 Å². The lowest BCUT2D eigenvalue weighted by atomic mass is 10.3. The van der Waals surface area contributed by atoms with E-state index in [0.29, 0.717) is 6.54 Å². The number of rotatable bonds is 5. The van der Waals surface area contributed by atoms with E-state index in [0.717, 1.165) is 18.8 Å². The van der Waals surface area contributed by atoms with Crippen molar-refractivity contribution in [3.05, 3.63) is 48.1 Å². The summed E-state index contributed by atoms with van der Waals surface area (Å²) in [5.74, 6) is -0.424. The summed E-state index contributed by atoms with van der Waals surface area (Å²) < 4.78 is 28.8. The van der Waals surface area contributed by atoms with Crippen molar-refractivity contribution in [1.82, 2.24) is 9.55 Å². The summed E-state index contributed by atoms with van der Waals surface area (Å²) in [7, 11) is 0. The number of nitrogens with zero attached hydrogens (tertiary/aromatic N) is 2. The minimum Gasteiger partial charge on any atom is -0.373 e. The molecule has 0 radical (unpaired) electrons. The Morgan fingerprint density at radius 2 is 2.00 bits per heavy atom. The number of nitrogens with one attached hydrogen (secondary N) is 1. The molecule has 0 atom stereocenters. The van der Waals surface area contributed by atoms with Crippen molar-refractivity contribution in [2.45, 2.75) is 26.4 Å². The molecular weight excluding hydrogens is 236 g/mol. The molecule has 0 bridgehead atoms. The first-order chi connectivity index (χ1) is 8.72. The molecule has 1 N–H and O–H groups in total. The van der Waals surface area contributed by atoms with E-state index in [4.69, 9.17) is 0 Å². The van der Waals surface area contributed by atoms with Crippen LogP contribution in [0.4, 0.5) is 14.5 Å². The van der Waals surface area contributed by atoms with Gasteiger partial charge in [-0.15, -0.1) is 0 Å². The van der Waals surface area contributed by atoms with Gasteiger partial charge < -0.3 is 9.88 Å². The molecule has 1 aromatic carbocycles. The minimum absolute atomic E-state index is 0.108. The van der Waals surface area contributed by atoms with Crippen molar-refractivity contribution < 1.29 is 8.78 Å². The van der Waals surface area contributed by atoms with E-state index in [9.17, 15) is 8.78 Å². The van der Waals surface area contributed by atoms with Gasteiger partial charge in [-0.3, -0.25) is 0 Å². The molecule has 0 fully saturated rings. The number of hydrogen-bond acceptors (Lipinski definition) is 2. The Balaban J connectivity index is 2.09. The number of halogens is 2. The Morgan fingerprint density at radius 3 is 2.67 bits per heavy atom. The molecule has 3 nitrogen and oxygen atoms in total. The van der Waals surface area contributed by atoms with Gasteiger partial charge in [0.2, 0.25) is 0 Å². The molecule has 0 unspecified atom stereocenters. The van der Waals surface area contributed by atoms with Crippen LogP contribution in [0.3, 0.4) is 0 Å². The zero-order valence-electron chi connectivity index (χ0n) is 10.2. The van der Waals surface area contributed by atoms with Gasteiger partial charge in [-0.05, 0) is 18.6 Å². The predicted octanol–water partition coefficient (Wildman–Crippen LogP) is 3.18. The van der Waals surface area contributed by atoms with Crippen LogP contribution in [0.15, 0.2) is 30.6 Å². The highest BCUT2D eigenvalue weighted by atomic mass is 19.1. The third-order valence-electron chi connectivity index (χ3n) is 2.65. The maximum Gasteiger partial charge on any atom is 0.149 e. The van der Waals surface area contributed by atoms with E-state index in [1.54, 1.807) is 6.20 Å². The molecular formula is C13H15F2N3. The highest BCUT2D eigenvalue weighted by molar-refractivity contribution is 5.46. The highest BCUT2D eigenvalue weighted by Gasteiger charge is 2.09. The maximum atomic E-state index is 13.4. The third-order valence-corrected chi connectivity index (χ3v) is 2.65. The molecule has 0 aliphatic carbocycles. The van der Waals surface area contributed by atoms with Crippen LogP contribution in [-0.4, -0.2) is 9.55 Å². The largest absolute Gasteiger partial charge is 0.373 e. The van der Waals surface area contributed by atoms with Gasteiger partial charge >= 0.3 is 0 Å².